The third-order valence-corrected chi connectivity index (χ3v) is 6.12. The molecule has 12 heteroatoms. The molecule has 0 radical (unpaired) electrons. The zero-order valence-corrected chi connectivity index (χ0v) is 26.1. The van der Waals surface area contributed by atoms with Gasteiger partial charge in [-0.05, 0) is 36.8 Å². The van der Waals surface area contributed by atoms with E-state index < -0.39 is 36.3 Å². The number of para-hydroxylation sites is 2. The average molecular weight is 647 g/mol. The van der Waals surface area contributed by atoms with E-state index >= 15 is 0 Å². The van der Waals surface area contributed by atoms with E-state index in [1.54, 1.807) is 72.8 Å². The second kappa shape index (κ2) is 19.6. The van der Waals surface area contributed by atoms with Crippen molar-refractivity contribution in [3.63, 3.8) is 0 Å². The Hall–Kier alpha value is -5.78. The number of alkyl carbamates (subject to hydrolysis) is 1. The lowest BCUT2D eigenvalue weighted by molar-refractivity contribution is -0.143. The molecule has 0 aliphatic heterocycles. The second-order valence-corrected chi connectivity index (χ2v) is 10.0. The lowest BCUT2D eigenvalue weighted by Gasteiger charge is -2.26. The van der Waals surface area contributed by atoms with Crippen LogP contribution in [-0.2, 0) is 35.1 Å². The van der Waals surface area contributed by atoms with Crippen LogP contribution in [0, 0.1) is 0 Å². The highest BCUT2D eigenvalue weighted by Gasteiger charge is 2.25. The van der Waals surface area contributed by atoms with Crippen molar-refractivity contribution in [2.75, 3.05) is 33.1 Å². The summed E-state index contributed by atoms with van der Waals surface area (Å²) in [5.74, 6) is -0.306. The molecule has 0 spiro atoms. The maximum atomic E-state index is 13.5. The molecule has 2 amide bonds. The van der Waals surface area contributed by atoms with Crippen LogP contribution in [0.2, 0.25) is 0 Å². The van der Waals surface area contributed by atoms with Crippen LogP contribution in [-0.4, -0.2) is 74.3 Å². The number of hydrogen-bond donors (Lipinski definition) is 1. The van der Waals surface area contributed by atoms with Crippen molar-refractivity contribution in [2.24, 2.45) is 0 Å². The fraction of sp³-hybridized carbons (Fsp3) is 0.257. The molecule has 0 aromatic heterocycles. The molecule has 0 saturated carbocycles. The smallest absolute Gasteiger partial charge is 0.412 e. The topological polar surface area (TPSA) is 139 Å². The van der Waals surface area contributed by atoms with Crippen LogP contribution >= 0.6 is 0 Å². The first-order valence-corrected chi connectivity index (χ1v) is 14.6. The molecule has 47 heavy (non-hydrogen) atoms. The molecule has 0 aliphatic carbocycles. The molecule has 2 atom stereocenters. The first kappa shape index (κ1) is 35.7. The molecule has 0 bridgehead atoms. The van der Waals surface area contributed by atoms with Gasteiger partial charge in [-0.1, -0.05) is 79.9 Å². The molecular weight excluding hydrogens is 608 g/mol. The van der Waals surface area contributed by atoms with Crippen LogP contribution < -0.4 is 14.8 Å². The minimum absolute atomic E-state index is 0.0509. The minimum Gasteiger partial charge on any atom is -0.490 e. The summed E-state index contributed by atoms with van der Waals surface area (Å²) >= 11 is 0. The van der Waals surface area contributed by atoms with E-state index in [0.717, 1.165) is 11.6 Å². The van der Waals surface area contributed by atoms with Crippen molar-refractivity contribution in [3.8, 4) is 11.5 Å². The predicted octanol–water partition coefficient (Wildman–Crippen LogP) is 5.05. The van der Waals surface area contributed by atoms with Crippen molar-refractivity contribution in [1.82, 2.24) is 10.2 Å². The van der Waals surface area contributed by atoms with Gasteiger partial charge in [0.25, 0.3) is 0 Å². The van der Waals surface area contributed by atoms with Crippen LogP contribution in [0.4, 0.5) is 9.59 Å². The summed E-state index contributed by atoms with van der Waals surface area (Å²) in [5.41, 5.74) is 0.926. The van der Waals surface area contributed by atoms with E-state index in [1.165, 1.54) is 11.8 Å². The highest BCUT2D eigenvalue weighted by Crippen LogP contribution is 2.13. The van der Waals surface area contributed by atoms with E-state index in [2.05, 4.69) is 18.5 Å². The zero-order valence-electron chi connectivity index (χ0n) is 26.1. The van der Waals surface area contributed by atoms with E-state index in [0.29, 0.717) is 11.5 Å². The number of rotatable bonds is 18. The van der Waals surface area contributed by atoms with Gasteiger partial charge in [0, 0.05) is 11.6 Å². The van der Waals surface area contributed by atoms with Gasteiger partial charge in [-0.25, -0.2) is 19.2 Å². The van der Waals surface area contributed by atoms with Crippen molar-refractivity contribution in [3.05, 3.63) is 121 Å². The van der Waals surface area contributed by atoms with Gasteiger partial charge in [0.1, 0.15) is 37.9 Å². The Balaban J connectivity index is 1.68. The van der Waals surface area contributed by atoms with Crippen molar-refractivity contribution in [1.29, 1.82) is 0 Å². The molecule has 3 aromatic rings. The van der Waals surface area contributed by atoms with Gasteiger partial charge in [-0.2, -0.15) is 0 Å². The first-order chi connectivity index (χ1) is 22.7. The molecular formula is C35H38N2O10. The summed E-state index contributed by atoms with van der Waals surface area (Å²) in [6, 6.07) is 26.7. The van der Waals surface area contributed by atoms with Crippen LogP contribution in [0.15, 0.2) is 116 Å². The number of benzene rings is 3. The van der Waals surface area contributed by atoms with Crippen LogP contribution in [0.5, 0.6) is 11.5 Å². The van der Waals surface area contributed by atoms with Gasteiger partial charge in [-0.3, -0.25) is 4.90 Å². The number of carbonyl (C=O) groups is 4. The summed E-state index contributed by atoms with van der Waals surface area (Å²) in [6.07, 6.45) is -2.75. The normalized spacial score (nSPS) is 11.5. The van der Waals surface area contributed by atoms with E-state index in [1.807, 2.05) is 18.2 Å². The number of esters is 2. The Bertz CT molecular complexity index is 1450. The summed E-state index contributed by atoms with van der Waals surface area (Å²) in [6.45, 7) is 7.29. The van der Waals surface area contributed by atoms with Crippen LogP contribution in [0.1, 0.15) is 12.5 Å². The molecule has 0 aliphatic rings. The average Bonchev–Trinajstić information content (AvgIpc) is 3.09. The number of ether oxygens (including phenoxy) is 6. The third-order valence-electron chi connectivity index (χ3n) is 6.12. The summed E-state index contributed by atoms with van der Waals surface area (Å²) in [4.78, 5) is 51.2. The molecule has 0 heterocycles. The third kappa shape index (κ3) is 13.8. The fourth-order valence-electron chi connectivity index (χ4n) is 3.73. The maximum absolute atomic E-state index is 13.5. The molecule has 248 valence electrons. The molecule has 1 N–H and O–H groups in total. The number of amides is 2. The second-order valence-electron chi connectivity index (χ2n) is 10.0. The molecule has 0 fully saturated rings. The standard InChI is InChI=1S/C35H38N2O10/c1-4-32(38)44-23-30(21-42-28-16-10-6-11-17-28)46-34(40)36-25-37(20-27-14-8-5-9-15-27)35(41)47-31(24-45-33(39)26(2)3)22-43-29-18-12-7-13-19-29/h4-19,30-31H,1-2,20-25H2,3H3,(H,36,40). The van der Waals surface area contributed by atoms with Gasteiger partial charge in [0.15, 0.2) is 12.2 Å². The van der Waals surface area contributed by atoms with Crippen molar-refractivity contribution >= 4 is 24.1 Å². The maximum Gasteiger partial charge on any atom is 0.412 e. The number of hydrogen-bond acceptors (Lipinski definition) is 10. The summed E-state index contributed by atoms with van der Waals surface area (Å²) in [5, 5.41) is 2.53. The highest BCUT2D eigenvalue weighted by molar-refractivity contribution is 5.87. The Morgan fingerprint density at radius 2 is 1.26 bits per heavy atom. The largest absolute Gasteiger partial charge is 0.490 e. The lowest BCUT2D eigenvalue weighted by Crippen LogP contribution is -2.45. The van der Waals surface area contributed by atoms with Gasteiger partial charge < -0.3 is 33.7 Å². The van der Waals surface area contributed by atoms with Gasteiger partial charge in [0.05, 0.1) is 13.2 Å². The van der Waals surface area contributed by atoms with Crippen LogP contribution in [0.25, 0.3) is 0 Å². The molecule has 2 unspecified atom stereocenters. The Labute approximate surface area is 273 Å². The lowest BCUT2D eigenvalue weighted by atomic mass is 10.2. The van der Waals surface area contributed by atoms with E-state index in [-0.39, 0.29) is 45.2 Å². The van der Waals surface area contributed by atoms with E-state index in [9.17, 15) is 19.2 Å². The number of nitrogens with zero attached hydrogens (tertiary/aromatic N) is 1. The molecule has 0 saturated heterocycles. The Morgan fingerprint density at radius 1 is 0.745 bits per heavy atom. The monoisotopic (exact) mass is 646 g/mol. The van der Waals surface area contributed by atoms with Crippen molar-refractivity contribution in [2.45, 2.75) is 25.7 Å². The fourth-order valence-corrected chi connectivity index (χ4v) is 3.73. The number of carbonyl (C=O) groups excluding carboxylic acids is 4. The predicted molar refractivity (Wildman–Crippen MR) is 171 cm³/mol. The van der Waals surface area contributed by atoms with Gasteiger partial charge in [-0.15, -0.1) is 0 Å². The van der Waals surface area contributed by atoms with Gasteiger partial charge in [0.2, 0.25) is 0 Å². The SMILES string of the molecule is C=CC(=O)OCC(COc1ccccc1)OC(=O)NCN(Cc1ccccc1)C(=O)OC(COC(=O)C(=C)C)COc1ccccc1. The number of nitrogens with one attached hydrogen (secondary N) is 1. The van der Waals surface area contributed by atoms with Gasteiger partial charge >= 0.3 is 24.1 Å². The molecule has 3 rings (SSSR count). The summed E-state index contributed by atoms with van der Waals surface area (Å²) in [7, 11) is 0. The highest BCUT2D eigenvalue weighted by atomic mass is 16.6. The molecule has 12 nitrogen and oxygen atoms in total. The summed E-state index contributed by atoms with van der Waals surface area (Å²) < 4.78 is 32.9. The van der Waals surface area contributed by atoms with Crippen LogP contribution in [0.3, 0.4) is 0 Å². The van der Waals surface area contributed by atoms with Crippen molar-refractivity contribution < 1.29 is 47.6 Å². The quantitative estimate of drug-likeness (QED) is 0.0864. The molecule has 3 aromatic carbocycles. The Kier molecular flexibility index (Phi) is 14.9. The zero-order chi connectivity index (χ0) is 33.9. The first-order valence-electron chi connectivity index (χ1n) is 14.6. The Morgan fingerprint density at radius 3 is 1.79 bits per heavy atom. The minimum atomic E-state index is -1.00. The van der Waals surface area contributed by atoms with E-state index in [4.69, 9.17) is 28.4 Å².